The molecule has 0 aromatic carbocycles. The summed E-state index contributed by atoms with van der Waals surface area (Å²) < 4.78 is 51.6. The van der Waals surface area contributed by atoms with Gasteiger partial charge in [0.05, 0.1) is 13.2 Å². The van der Waals surface area contributed by atoms with Crippen molar-refractivity contribution in [1.82, 2.24) is 25.0 Å². The minimum Gasteiger partial charge on any atom is -0.387 e. The zero-order valence-corrected chi connectivity index (χ0v) is 23.9. The van der Waals surface area contributed by atoms with Gasteiger partial charge in [0, 0.05) is 6.07 Å². The van der Waals surface area contributed by atoms with E-state index in [2.05, 4.69) is 33.6 Å². The third kappa shape index (κ3) is 6.62. The van der Waals surface area contributed by atoms with Gasteiger partial charge in [-0.2, -0.15) is 13.6 Å². The Hall–Kier alpha value is -3.08. The van der Waals surface area contributed by atoms with Crippen LogP contribution in [0, 0.1) is 0 Å². The number of fused-ring (bicyclic) bond motifs is 1. The summed E-state index contributed by atoms with van der Waals surface area (Å²) >= 11 is 0. The fourth-order valence-corrected chi connectivity index (χ4v) is 6.54. The monoisotopic (exact) mass is 665 g/mol. The van der Waals surface area contributed by atoms with Crippen LogP contribution in [0.4, 0.5) is 5.82 Å². The lowest BCUT2D eigenvalue weighted by Gasteiger charge is -2.20. The number of phosphoric ester groups is 2. The summed E-state index contributed by atoms with van der Waals surface area (Å²) in [5.41, 5.74) is 11.1. The number of hydrogen-bond donors (Lipinski definition) is 8. The van der Waals surface area contributed by atoms with Crippen LogP contribution in [0.3, 0.4) is 0 Å². The molecule has 0 bridgehead atoms. The maximum atomic E-state index is 12.4. The summed E-state index contributed by atoms with van der Waals surface area (Å²) in [7, 11) is -10.8. The molecule has 10 atom stereocenters. The van der Waals surface area contributed by atoms with Gasteiger partial charge >= 0.3 is 15.6 Å². The van der Waals surface area contributed by atoms with E-state index in [0.29, 0.717) is 0 Å². The Bertz CT molecular complexity index is 1630. The third-order valence-electron chi connectivity index (χ3n) is 6.62. The average Bonchev–Trinajstić information content (AvgIpc) is 3.61. The molecule has 3 aromatic heterocycles. The Labute approximate surface area is 245 Å². The largest absolute Gasteiger partial charge is 0.481 e. The standard InChI is InChI=1S/C20H26N8O14P2/c21-16-11-18(24-7-23-16)28(26-25-11)20-15(32)13(30)10(41-20)6-39-44(36,37)42-43(34,35)38-5-9-12(29)14(31)19(40-9)27-3-1-2-8(4-27)17(22)33/h1-4,7,9-10,12-15,19-20,29-32H,5-6H2,(H5-,21,22,23,24,26,33,34,35,36,37)/p+1. The molecule has 2 aliphatic rings. The molecule has 2 aliphatic heterocycles. The molecule has 24 heteroatoms. The second-order valence-electron chi connectivity index (χ2n) is 9.57. The molecule has 1 amide bonds. The van der Waals surface area contributed by atoms with Crippen LogP contribution in [-0.4, -0.2) is 111 Å². The van der Waals surface area contributed by atoms with Gasteiger partial charge in [-0.1, -0.05) is 5.21 Å². The van der Waals surface area contributed by atoms with Crippen LogP contribution in [-0.2, 0) is 32.0 Å². The summed E-state index contributed by atoms with van der Waals surface area (Å²) in [5, 5.41) is 49.1. The first-order valence-corrected chi connectivity index (χ1v) is 15.5. The molecule has 10 unspecified atom stereocenters. The molecule has 5 heterocycles. The molecule has 5 rings (SSSR count). The Morgan fingerprint density at radius 2 is 1.64 bits per heavy atom. The predicted octanol–water partition coefficient (Wildman–Crippen LogP) is -3.62. The number of carbonyl (C=O) groups is 1. The first kappa shape index (κ1) is 32.3. The van der Waals surface area contributed by atoms with Crippen molar-refractivity contribution >= 4 is 38.5 Å². The molecule has 3 aromatic rings. The number of aromatic nitrogens is 6. The molecule has 0 spiro atoms. The first-order chi connectivity index (χ1) is 20.7. The van der Waals surface area contributed by atoms with E-state index in [0.717, 1.165) is 11.0 Å². The van der Waals surface area contributed by atoms with Crippen LogP contribution in [0.15, 0.2) is 30.9 Å². The number of phosphoric acid groups is 2. The van der Waals surface area contributed by atoms with Crippen molar-refractivity contribution in [2.24, 2.45) is 5.73 Å². The molecule has 22 nitrogen and oxygen atoms in total. The molecule has 2 fully saturated rings. The van der Waals surface area contributed by atoms with E-state index in [-0.39, 0.29) is 22.5 Å². The normalized spacial score (nSPS) is 31.6. The van der Waals surface area contributed by atoms with Crippen molar-refractivity contribution in [2.75, 3.05) is 18.9 Å². The second-order valence-corrected chi connectivity index (χ2v) is 12.6. The molecule has 0 radical (unpaired) electrons. The number of pyridine rings is 1. The highest BCUT2D eigenvalue weighted by Crippen LogP contribution is 2.60. The van der Waals surface area contributed by atoms with Crippen LogP contribution in [0.25, 0.3) is 11.2 Å². The highest BCUT2D eigenvalue weighted by molar-refractivity contribution is 7.61. The third-order valence-corrected chi connectivity index (χ3v) is 9.22. The molecular formula is C20H27N8O14P2+. The first-order valence-electron chi connectivity index (χ1n) is 12.5. The highest BCUT2D eigenvalue weighted by Gasteiger charge is 2.50. The van der Waals surface area contributed by atoms with Crippen molar-refractivity contribution in [1.29, 1.82) is 0 Å². The molecular weight excluding hydrogens is 638 g/mol. The number of nitrogen functional groups attached to an aromatic ring is 1. The van der Waals surface area contributed by atoms with E-state index >= 15 is 0 Å². The van der Waals surface area contributed by atoms with Crippen LogP contribution in [0.5, 0.6) is 0 Å². The summed E-state index contributed by atoms with van der Waals surface area (Å²) in [6, 6.07) is 2.83. The maximum absolute atomic E-state index is 12.4. The summed E-state index contributed by atoms with van der Waals surface area (Å²) in [4.78, 5) is 39.2. The molecule has 0 saturated carbocycles. The van der Waals surface area contributed by atoms with Gasteiger partial charge < -0.3 is 51.2 Å². The van der Waals surface area contributed by atoms with E-state index in [4.69, 9.17) is 20.9 Å². The zero-order valence-electron chi connectivity index (χ0n) is 22.1. The van der Waals surface area contributed by atoms with Crippen molar-refractivity contribution < 1.29 is 71.5 Å². The van der Waals surface area contributed by atoms with Gasteiger partial charge in [-0.15, -0.1) is 5.10 Å². The summed E-state index contributed by atoms with van der Waals surface area (Å²) in [5.74, 6) is -0.780. The number of rotatable bonds is 11. The van der Waals surface area contributed by atoms with Crippen molar-refractivity contribution in [3.05, 3.63) is 36.4 Å². The number of primary amides is 1. The number of aliphatic hydroxyl groups is 4. The fourth-order valence-electron chi connectivity index (χ4n) is 4.44. The van der Waals surface area contributed by atoms with Gasteiger partial charge in [0.25, 0.3) is 12.1 Å². The molecule has 0 aliphatic carbocycles. The Kier molecular flexibility index (Phi) is 9.08. The molecule has 2 saturated heterocycles. The number of ether oxygens (including phenoxy) is 2. The van der Waals surface area contributed by atoms with E-state index in [1.807, 2.05) is 0 Å². The zero-order chi connectivity index (χ0) is 32.0. The minimum absolute atomic E-state index is 0.0120. The number of hydrogen-bond acceptors (Lipinski definition) is 17. The number of carbonyl (C=O) groups excluding carboxylic acids is 1. The molecule has 240 valence electrons. The average molecular weight is 665 g/mol. The van der Waals surface area contributed by atoms with Gasteiger partial charge in [-0.25, -0.2) is 19.1 Å². The SMILES string of the molecule is NC(=O)c1ccc[n+](C2OC(COP(=O)(O)OP(=O)(O)OCC3OC(n4nnc5c(N)ncnc54)C(O)C3O)C(O)C2O)c1. The van der Waals surface area contributed by atoms with E-state index in [1.165, 1.54) is 29.1 Å². The Morgan fingerprint density at radius 3 is 2.30 bits per heavy atom. The number of nitrogens with zero attached hydrogens (tertiary/aromatic N) is 6. The number of anilines is 1. The smallest absolute Gasteiger partial charge is 0.387 e. The number of nitrogens with two attached hydrogens (primary N) is 2. The lowest BCUT2D eigenvalue weighted by Crippen LogP contribution is -2.46. The van der Waals surface area contributed by atoms with E-state index in [1.54, 1.807) is 0 Å². The number of amides is 1. The summed E-state index contributed by atoms with van der Waals surface area (Å²) in [6.45, 7) is -1.83. The van der Waals surface area contributed by atoms with Crippen molar-refractivity contribution in [2.45, 2.75) is 49.1 Å². The van der Waals surface area contributed by atoms with Gasteiger partial charge in [0.15, 0.2) is 41.7 Å². The lowest BCUT2D eigenvalue weighted by molar-refractivity contribution is -0.765. The van der Waals surface area contributed by atoms with Crippen molar-refractivity contribution in [3.63, 3.8) is 0 Å². The Morgan fingerprint density at radius 1 is 1.00 bits per heavy atom. The fraction of sp³-hybridized carbons (Fsp3) is 0.500. The van der Waals surface area contributed by atoms with Crippen LogP contribution < -0.4 is 16.0 Å². The summed E-state index contributed by atoms with van der Waals surface area (Å²) in [6.07, 6.45) is -8.39. The quantitative estimate of drug-likeness (QED) is 0.0723. The number of aliphatic hydroxyl groups excluding tert-OH is 4. The van der Waals surface area contributed by atoms with Gasteiger partial charge in [-0.05, 0) is 6.07 Å². The Balaban J connectivity index is 1.16. The van der Waals surface area contributed by atoms with E-state index < -0.39 is 83.8 Å². The molecule has 44 heavy (non-hydrogen) atoms. The highest BCUT2D eigenvalue weighted by atomic mass is 31.3. The van der Waals surface area contributed by atoms with E-state index in [9.17, 15) is 44.1 Å². The van der Waals surface area contributed by atoms with Crippen LogP contribution in [0.2, 0.25) is 0 Å². The van der Waals surface area contributed by atoms with Crippen LogP contribution in [0.1, 0.15) is 22.8 Å². The molecule has 10 N–H and O–H groups in total. The lowest BCUT2D eigenvalue weighted by atomic mass is 10.1. The van der Waals surface area contributed by atoms with Gasteiger partial charge in [0.2, 0.25) is 0 Å². The van der Waals surface area contributed by atoms with Gasteiger partial charge in [0.1, 0.15) is 42.4 Å². The maximum Gasteiger partial charge on any atom is 0.481 e. The second kappa shape index (κ2) is 12.4. The predicted molar refractivity (Wildman–Crippen MR) is 137 cm³/mol. The minimum atomic E-state index is -5.39. The van der Waals surface area contributed by atoms with Gasteiger partial charge in [-0.3, -0.25) is 13.8 Å². The van der Waals surface area contributed by atoms with Crippen molar-refractivity contribution in [3.8, 4) is 0 Å². The van der Waals surface area contributed by atoms with Crippen LogP contribution >= 0.6 is 15.6 Å². The topological polar surface area (TPSA) is 331 Å².